The van der Waals surface area contributed by atoms with Crippen LogP contribution in [0.3, 0.4) is 0 Å². The molecule has 0 saturated carbocycles. The van der Waals surface area contributed by atoms with Crippen molar-refractivity contribution < 1.29 is 4.79 Å². The molecule has 0 aliphatic heterocycles. The first-order chi connectivity index (χ1) is 8.65. The molecule has 0 radical (unpaired) electrons. The van der Waals surface area contributed by atoms with Gasteiger partial charge >= 0.3 is 0 Å². The first-order valence-electron chi connectivity index (χ1n) is 5.55. The molecule has 2 heterocycles. The maximum absolute atomic E-state index is 12.2. The van der Waals surface area contributed by atoms with Crippen LogP contribution in [-0.2, 0) is 7.05 Å². The van der Waals surface area contributed by atoms with Crippen molar-refractivity contribution in [3.8, 4) is 0 Å². The van der Waals surface area contributed by atoms with E-state index in [1.807, 2.05) is 36.0 Å². The molecule has 5 nitrogen and oxygen atoms in total. The number of nitrogens with zero attached hydrogens (tertiary/aromatic N) is 3. The average molecular weight is 240 g/mol. The monoisotopic (exact) mass is 240 g/mol. The SMILES string of the molecule is Cn1ccc2ccc(C(=O)n3cc(N)cn3)cc21. The third kappa shape index (κ3) is 1.57. The summed E-state index contributed by atoms with van der Waals surface area (Å²) in [7, 11) is 1.95. The van der Waals surface area contributed by atoms with Gasteiger partial charge in [-0.1, -0.05) is 6.07 Å². The third-order valence-electron chi connectivity index (χ3n) is 2.95. The summed E-state index contributed by atoms with van der Waals surface area (Å²) in [5.74, 6) is -0.185. The number of rotatable bonds is 1. The zero-order valence-corrected chi connectivity index (χ0v) is 9.87. The Kier molecular flexibility index (Phi) is 2.19. The number of benzene rings is 1. The Morgan fingerprint density at radius 1 is 1.33 bits per heavy atom. The number of carbonyl (C=O) groups excluding carboxylic acids is 1. The molecule has 5 heteroatoms. The second-order valence-corrected chi connectivity index (χ2v) is 4.22. The molecule has 1 aromatic carbocycles. The van der Waals surface area contributed by atoms with E-state index < -0.39 is 0 Å². The number of aromatic nitrogens is 3. The molecule has 0 bridgehead atoms. The van der Waals surface area contributed by atoms with Crippen molar-refractivity contribution in [3.63, 3.8) is 0 Å². The molecule has 0 aliphatic rings. The Hall–Kier alpha value is -2.56. The van der Waals surface area contributed by atoms with E-state index >= 15 is 0 Å². The molecule has 0 atom stereocenters. The molecule has 0 saturated heterocycles. The second-order valence-electron chi connectivity index (χ2n) is 4.22. The highest BCUT2D eigenvalue weighted by molar-refractivity contribution is 5.99. The fourth-order valence-corrected chi connectivity index (χ4v) is 1.98. The zero-order valence-electron chi connectivity index (χ0n) is 9.87. The molecule has 0 fully saturated rings. The predicted octanol–water partition coefficient (Wildman–Crippen LogP) is 1.65. The van der Waals surface area contributed by atoms with Crippen LogP contribution in [0, 0.1) is 0 Å². The quantitative estimate of drug-likeness (QED) is 0.703. The van der Waals surface area contributed by atoms with Gasteiger partial charge < -0.3 is 10.3 Å². The van der Waals surface area contributed by atoms with Crippen LogP contribution in [0.15, 0.2) is 42.9 Å². The van der Waals surface area contributed by atoms with Crippen molar-refractivity contribution in [1.29, 1.82) is 0 Å². The van der Waals surface area contributed by atoms with Gasteiger partial charge in [-0.3, -0.25) is 4.79 Å². The summed E-state index contributed by atoms with van der Waals surface area (Å²) in [4.78, 5) is 12.2. The Bertz CT molecular complexity index is 738. The van der Waals surface area contributed by atoms with Crippen LogP contribution in [-0.4, -0.2) is 20.3 Å². The van der Waals surface area contributed by atoms with E-state index in [0.29, 0.717) is 11.3 Å². The molecule has 3 aromatic rings. The molecule has 0 aliphatic carbocycles. The maximum atomic E-state index is 12.2. The number of nitrogen functional groups attached to an aromatic ring is 1. The van der Waals surface area contributed by atoms with Crippen LogP contribution in [0.5, 0.6) is 0 Å². The largest absolute Gasteiger partial charge is 0.396 e. The first-order valence-corrected chi connectivity index (χ1v) is 5.55. The van der Waals surface area contributed by atoms with E-state index in [9.17, 15) is 4.79 Å². The van der Waals surface area contributed by atoms with Gasteiger partial charge in [-0.25, -0.2) is 4.68 Å². The Morgan fingerprint density at radius 2 is 2.17 bits per heavy atom. The number of nitrogens with two attached hydrogens (primary N) is 1. The molecule has 0 amide bonds. The van der Waals surface area contributed by atoms with Crippen molar-refractivity contribution in [2.75, 3.05) is 5.73 Å². The van der Waals surface area contributed by atoms with Crippen molar-refractivity contribution >= 4 is 22.5 Å². The molecular formula is C13H12N4O. The van der Waals surface area contributed by atoms with E-state index in [1.54, 1.807) is 6.07 Å². The van der Waals surface area contributed by atoms with Crippen LogP contribution in [0.1, 0.15) is 10.4 Å². The normalized spacial score (nSPS) is 10.9. The van der Waals surface area contributed by atoms with Crippen molar-refractivity contribution in [2.45, 2.75) is 0 Å². The molecular weight excluding hydrogens is 228 g/mol. The fraction of sp³-hybridized carbons (Fsp3) is 0.0769. The lowest BCUT2D eigenvalue weighted by molar-refractivity contribution is 0.0945. The van der Waals surface area contributed by atoms with E-state index in [4.69, 9.17) is 5.73 Å². The van der Waals surface area contributed by atoms with E-state index in [1.165, 1.54) is 17.1 Å². The van der Waals surface area contributed by atoms with E-state index in [2.05, 4.69) is 5.10 Å². The summed E-state index contributed by atoms with van der Waals surface area (Å²) < 4.78 is 3.23. The molecule has 2 N–H and O–H groups in total. The number of aryl methyl sites for hydroxylation is 1. The summed E-state index contributed by atoms with van der Waals surface area (Å²) in [6.45, 7) is 0. The lowest BCUT2D eigenvalue weighted by Crippen LogP contribution is -2.12. The Labute approximate surface area is 103 Å². The standard InChI is InChI=1S/C13H12N4O/c1-16-5-4-9-2-3-10(6-12(9)16)13(18)17-8-11(14)7-15-17/h2-8H,14H2,1H3. The van der Waals surface area contributed by atoms with Crippen LogP contribution in [0.4, 0.5) is 5.69 Å². The molecule has 0 unspecified atom stereocenters. The van der Waals surface area contributed by atoms with Gasteiger partial charge in [0.2, 0.25) is 0 Å². The van der Waals surface area contributed by atoms with Gasteiger partial charge in [0.25, 0.3) is 5.91 Å². The topological polar surface area (TPSA) is 65.8 Å². The number of hydrogen-bond acceptors (Lipinski definition) is 3. The van der Waals surface area contributed by atoms with E-state index in [0.717, 1.165) is 10.9 Å². The Morgan fingerprint density at radius 3 is 2.89 bits per heavy atom. The number of fused-ring (bicyclic) bond motifs is 1. The molecule has 18 heavy (non-hydrogen) atoms. The maximum Gasteiger partial charge on any atom is 0.278 e. The average Bonchev–Trinajstić information content (AvgIpc) is 2.95. The second kappa shape index (κ2) is 3.73. The highest BCUT2D eigenvalue weighted by Crippen LogP contribution is 2.17. The number of anilines is 1. The minimum absolute atomic E-state index is 0.185. The summed E-state index contributed by atoms with van der Waals surface area (Å²) in [6.07, 6.45) is 4.93. The summed E-state index contributed by atoms with van der Waals surface area (Å²) in [5, 5.41) is 5.02. The molecule has 90 valence electrons. The Balaban J connectivity index is 2.08. The van der Waals surface area contributed by atoms with E-state index in [-0.39, 0.29) is 5.91 Å². The fourth-order valence-electron chi connectivity index (χ4n) is 1.98. The highest BCUT2D eigenvalue weighted by atomic mass is 16.2. The van der Waals surface area contributed by atoms with Gasteiger partial charge in [0.1, 0.15) is 0 Å². The van der Waals surface area contributed by atoms with Crippen molar-refractivity contribution in [3.05, 3.63) is 48.4 Å². The lowest BCUT2D eigenvalue weighted by atomic mass is 10.1. The minimum Gasteiger partial charge on any atom is -0.396 e. The van der Waals surface area contributed by atoms with Gasteiger partial charge in [0, 0.05) is 24.3 Å². The molecule has 3 rings (SSSR count). The van der Waals surface area contributed by atoms with Crippen LogP contribution >= 0.6 is 0 Å². The third-order valence-corrected chi connectivity index (χ3v) is 2.95. The number of hydrogen-bond donors (Lipinski definition) is 1. The van der Waals surface area contributed by atoms with Gasteiger partial charge in [-0.2, -0.15) is 5.10 Å². The number of carbonyl (C=O) groups is 1. The van der Waals surface area contributed by atoms with Crippen molar-refractivity contribution in [2.24, 2.45) is 7.05 Å². The van der Waals surface area contributed by atoms with Gasteiger partial charge in [0.15, 0.2) is 0 Å². The summed E-state index contributed by atoms with van der Waals surface area (Å²) >= 11 is 0. The smallest absolute Gasteiger partial charge is 0.278 e. The lowest BCUT2D eigenvalue weighted by Gasteiger charge is -2.02. The minimum atomic E-state index is -0.185. The molecule has 2 aromatic heterocycles. The van der Waals surface area contributed by atoms with Crippen LogP contribution in [0.25, 0.3) is 10.9 Å². The van der Waals surface area contributed by atoms with Crippen LogP contribution in [0.2, 0.25) is 0 Å². The van der Waals surface area contributed by atoms with Gasteiger partial charge in [-0.15, -0.1) is 0 Å². The zero-order chi connectivity index (χ0) is 12.7. The predicted molar refractivity (Wildman–Crippen MR) is 69.3 cm³/mol. The van der Waals surface area contributed by atoms with Gasteiger partial charge in [0.05, 0.1) is 18.1 Å². The summed E-state index contributed by atoms with van der Waals surface area (Å²) in [5.41, 5.74) is 7.63. The molecule has 0 spiro atoms. The summed E-state index contributed by atoms with van der Waals surface area (Å²) in [6, 6.07) is 7.59. The van der Waals surface area contributed by atoms with Crippen molar-refractivity contribution in [1.82, 2.24) is 14.3 Å². The highest BCUT2D eigenvalue weighted by Gasteiger charge is 2.11. The van der Waals surface area contributed by atoms with Crippen LogP contribution < -0.4 is 5.73 Å². The van der Waals surface area contributed by atoms with Gasteiger partial charge in [-0.05, 0) is 23.6 Å². The first kappa shape index (κ1) is 10.6.